The highest BCUT2D eigenvalue weighted by molar-refractivity contribution is 6.49. The van der Waals surface area contributed by atoms with Crippen LogP contribution in [0.5, 0.6) is 11.5 Å². The number of para-hydroxylation sites is 1. The molecule has 0 aliphatic heterocycles. The van der Waals surface area contributed by atoms with E-state index in [0.29, 0.717) is 27.2 Å². The fourth-order valence-corrected chi connectivity index (χ4v) is 4.79. The Hall–Kier alpha value is -4.27. The summed E-state index contributed by atoms with van der Waals surface area (Å²) in [5.74, 6) is 0.0134. The van der Waals surface area contributed by atoms with Crippen LogP contribution in [0.15, 0.2) is 95.3 Å². The van der Waals surface area contributed by atoms with Crippen molar-refractivity contribution in [3.63, 3.8) is 0 Å². The van der Waals surface area contributed by atoms with Crippen molar-refractivity contribution in [2.45, 2.75) is 27.2 Å². The quantitative estimate of drug-likeness (QED) is 0.203. The highest BCUT2D eigenvalue weighted by Crippen LogP contribution is 2.26. The Morgan fingerprint density at radius 2 is 1.58 bits per heavy atom. The summed E-state index contributed by atoms with van der Waals surface area (Å²) in [4.78, 5) is 32.5. The number of aliphatic imine (C=N–C) groups is 1. The number of rotatable bonds is 13. The largest absolute Gasteiger partial charge is 0.482 e. The topological polar surface area (TPSA) is 92.3 Å². The van der Waals surface area contributed by atoms with Gasteiger partial charge in [0, 0.05) is 30.5 Å². The second-order valence-corrected chi connectivity index (χ2v) is 10.3. The number of allylic oxidation sites excluding steroid dienone is 2. The summed E-state index contributed by atoms with van der Waals surface area (Å²) < 4.78 is 11.3. The molecule has 0 heterocycles. The van der Waals surface area contributed by atoms with Gasteiger partial charge in [-0.15, -0.1) is 0 Å². The van der Waals surface area contributed by atoms with Gasteiger partial charge >= 0.3 is 0 Å². The van der Waals surface area contributed by atoms with E-state index in [9.17, 15) is 9.59 Å². The van der Waals surface area contributed by atoms with Gasteiger partial charge in [0.15, 0.2) is 13.3 Å². The van der Waals surface area contributed by atoms with Crippen LogP contribution < -0.4 is 25.0 Å². The first kappa shape index (κ1) is 31.7. The normalized spacial score (nSPS) is 13.7. The van der Waals surface area contributed by atoms with Crippen molar-refractivity contribution in [3.05, 3.63) is 106 Å². The highest BCUT2D eigenvalue weighted by atomic mass is 35.5. The Balaban J connectivity index is 1.51. The van der Waals surface area contributed by atoms with Gasteiger partial charge < -0.3 is 25.0 Å². The van der Waals surface area contributed by atoms with Crippen molar-refractivity contribution in [1.29, 1.82) is 0 Å². The molecule has 10 heteroatoms. The molecule has 4 rings (SSSR count). The number of benzene rings is 3. The van der Waals surface area contributed by atoms with Gasteiger partial charge in [0.2, 0.25) is 5.78 Å². The van der Waals surface area contributed by atoms with Crippen LogP contribution in [0.3, 0.4) is 0 Å². The second kappa shape index (κ2) is 15.3. The van der Waals surface area contributed by atoms with Gasteiger partial charge in [-0.05, 0) is 80.4 Å². The van der Waals surface area contributed by atoms with Crippen LogP contribution in [0, 0.1) is 0 Å². The molecular formula is C33H34Cl2N4O4. The van der Waals surface area contributed by atoms with E-state index in [1.165, 1.54) is 6.08 Å². The molecule has 0 saturated carbocycles. The van der Waals surface area contributed by atoms with E-state index in [1.807, 2.05) is 43.3 Å². The molecular weight excluding hydrogens is 587 g/mol. The molecule has 3 aromatic carbocycles. The maximum atomic E-state index is 13.0. The monoisotopic (exact) mass is 620 g/mol. The number of aryl methyl sites for hydroxylation is 1. The van der Waals surface area contributed by atoms with Crippen LogP contribution in [-0.2, 0) is 16.0 Å². The lowest BCUT2D eigenvalue weighted by atomic mass is 10.0. The zero-order valence-electron chi connectivity index (χ0n) is 24.3. The summed E-state index contributed by atoms with van der Waals surface area (Å²) in [5.41, 5.74) is 3.84. The van der Waals surface area contributed by atoms with E-state index in [-0.39, 0.29) is 30.5 Å². The maximum Gasteiger partial charge on any atom is 0.262 e. The molecule has 0 atom stereocenters. The first-order chi connectivity index (χ1) is 20.8. The van der Waals surface area contributed by atoms with E-state index < -0.39 is 5.91 Å². The number of carbonyl (C=O) groups is 2. The average Bonchev–Trinajstić information content (AvgIpc) is 3.00. The third-order valence-corrected chi connectivity index (χ3v) is 7.31. The summed E-state index contributed by atoms with van der Waals surface area (Å²) >= 11 is 12.5. The summed E-state index contributed by atoms with van der Waals surface area (Å²) in [7, 11) is 0. The lowest BCUT2D eigenvalue weighted by molar-refractivity contribution is -0.122. The molecule has 0 radical (unpaired) electrons. The van der Waals surface area contributed by atoms with Crippen molar-refractivity contribution >= 4 is 52.0 Å². The van der Waals surface area contributed by atoms with Crippen molar-refractivity contribution in [1.82, 2.24) is 5.32 Å². The number of amides is 1. The number of ether oxygens (including phenoxy) is 2. The number of ketones is 1. The molecule has 0 spiro atoms. The average molecular weight is 622 g/mol. The van der Waals surface area contributed by atoms with Crippen LogP contribution >= 0.6 is 23.2 Å². The second-order valence-electron chi connectivity index (χ2n) is 9.53. The lowest BCUT2D eigenvalue weighted by Gasteiger charge is -2.22. The first-order valence-corrected chi connectivity index (χ1v) is 14.8. The van der Waals surface area contributed by atoms with Crippen LogP contribution in [0.25, 0.3) is 0 Å². The minimum Gasteiger partial charge on any atom is -0.482 e. The third-order valence-electron chi connectivity index (χ3n) is 6.70. The van der Waals surface area contributed by atoms with Gasteiger partial charge in [0.1, 0.15) is 17.2 Å². The summed E-state index contributed by atoms with van der Waals surface area (Å²) in [6.07, 6.45) is 3.73. The highest BCUT2D eigenvalue weighted by Gasteiger charge is 2.21. The summed E-state index contributed by atoms with van der Waals surface area (Å²) in [6.45, 7) is 7.60. The van der Waals surface area contributed by atoms with E-state index >= 15 is 0 Å². The molecule has 0 unspecified atom stereocenters. The van der Waals surface area contributed by atoms with Crippen molar-refractivity contribution in [2.75, 3.05) is 36.6 Å². The number of nitrogens with one attached hydrogen (secondary N) is 2. The summed E-state index contributed by atoms with van der Waals surface area (Å²) in [6, 6.07) is 20.4. The Labute approximate surface area is 262 Å². The molecule has 1 aliphatic carbocycles. The number of hydrogen-bond donors (Lipinski definition) is 2. The molecule has 1 aliphatic rings. The molecule has 8 nitrogen and oxygen atoms in total. The first-order valence-electron chi connectivity index (χ1n) is 14.0. The molecule has 0 fully saturated rings. The van der Waals surface area contributed by atoms with E-state index in [0.717, 1.165) is 36.4 Å². The molecule has 43 heavy (non-hydrogen) atoms. The van der Waals surface area contributed by atoms with E-state index in [1.54, 1.807) is 36.4 Å². The lowest BCUT2D eigenvalue weighted by Crippen LogP contribution is -2.33. The van der Waals surface area contributed by atoms with Gasteiger partial charge in [0.05, 0.1) is 21.4 Å². The molecule has 3 aromatic rings. The predicted molar refractivity (Wildman–Crippen MR) is 174 cm³/mol. The predicted octanol–water partition coefficient (Wildman–Crippen LogP) is 6.84. The van der Waals surface area contributed by atoms with E-state index in [2.05, 4.69) is 34.4 Å². The standard InChI is InChI=1S/C33H34Cl2N4O4/c1-4-22-11-16-32(26(35)17-22)42-20-33(41)38-28-19-30(40)29(36-21-43-31-10-8-7-9-25(31)34)18-27(28)37-23-12-14-24(15-13-23)39(5-2)6-3/h7-19,37H,4-6,20-21H2,1-3H3,(H,38,41)/b36-29+. The minimum absolute atomic E-state index is 0.117. The van der Waals surface area contributed by atoms with Gasteiger partial charge in [-0.1, -0.05) is 48.3 Å². The van der Waals surface area contributed by atoms with Gasteiger partial charge in [-0.2, -0.15) is 0 Å². The Kier molecular flexibility index (Phi) is 11.2. The van der Waals surface area contributed by atoms with Crippen LogP contribution in [0.4, 0.5) is 11.4 Å². The van der Waals surface area contributed by atoms with Crippen molar-refractivity contribution < 1.29 is 19.1 Å². The minimum atomic E-state index is -0.457. The van der Waals surface area contributed by atoms with Gasteiger partial charge in [-0.25, -0.2) is 4.99 Å². The third kappa shape index (κ3) is 8.63. The Morgan fingerprint density at radius 3 is 2.26 bits per heavy atom. The molecule has 0 bridgehead atoms. The SMILES string of the molecule is CCc1ccc(OCC(=O)NC2=CC(=O)/C(=N/COc3ccccc3Cl)C=C2Nc2ccc(N(CC)CC)cc2)c(Cl)c1. The molecule has 224 valence electrons. The smallest absolute Gasteiger partial charge is 0.262 e. The zero-order valence-corrected chi connectivity index (χ0v) is 25.8. The number of hydrogen-bond acceptors (Lipinski definition) is 7. The molecule has 1 amide bonds. The van der Waals surface area contributed by atoms with Gasteiger partial charge in [-0.3, -0.25) is 9.59 Å². The summed E-state index contributed by atoms with van der Waals surface area (Å²) in [5, 5.41) is 6.95. The van der Waals surface area contributed by atoms with Crippen LogP contribution in [0.2, 0.25) is 10.0 Å². The van der Waals surface area contributed by atoms with Gasteiger partial charge in [0.25, 0.3) is 5.91 Å². The maximum absolute atomic E-state index is 13.0. The Bertz CT molecular complexity index is 1550. The fourth-order valence-electron chi connectivity index (χ4n) is 4.34. The number of halogens is 2. The van der Waals surface area contributed by atoms with Crippen molar-refractivity contribution in [2.24, 2.45) is 4.99 Å². The zero-order chi connectivity index (χ0) is 30.8. The van der Waals surface area contributed by atoms with Crippen LogP contribution in [-0.4, -0.2) is 43.8 Å². The van der Waals surface area contributed by atoms with E-state index in [4.69, 9.17) is 32.7 Å². The Morgan fingerprint density at radius 1 is 0.860 bits per heavy atom. The molecule has 0 aromatic heterocycles. The number of carbonyl (C=O) groups excluding carboxylic acids is 2. The molecule has 2 N–H and O–H groups in total. The molecule has 0 saturated heterocycles. The number of nitrogens with zero attached hydrogens (tertiary/aromatic N) is 2. The fraction of sp³-hybridized carbons (Fsp3) is 0.242. The van der Waals surface area contributed by atoms with Crippen LogP contribution in [0.1, 0.15) is 26.3 Å². The van der Waals surface area contributed by atoms with Crippen molar-refractivity contribution in [3.8, 4) is 11.5 Å². The number of anilines is 2.